The molecule has 1 aliphatic carbocycles. The highest BCUT2D eigenvalue weighted by atomic mass is 16.5. The van der Waals surface area contributed by atoms with E-state index in [0.717, 1.165) is 54.1 Å². The number of hydrogen-bond donors (Lipinski definition) is 1. The van der Waals surface area contributed by atoms with E-state index in [1.54, 1.807) is 0 Å². The Balaban J connectivity index is 1.84. The first-order valence-corrected chi connectivity index (χ1v) is 7.06. The van der Waals surface area contributed by atoms with Crippen LogP contribution < -0.4 is 4.74 Å². The quantitative estimate of drug-likeness (QED) is 0.869. The molecule has 0 spiro atoms. The standard InChI is InChI=1S/C16H18N2O2/c1-2-20-13-6-4-12(5-7-13)16-17-14-8-3-11(10-19)9-15(14)18-16/h4-7,10-11H,2-3,8-9H2,1H3,(H,17,18). The first kappa shape index (κ1) is 12.9. The van der Waals surface area contributed by atoms with E-state index in [2.05, 4.69) is 9.97 Å². The number of aromatic nitrogens is 2. The molecule has 1 unspecified atom stereocenters. The smallest absolute Gasteiger partial charge is 0.137 e. The number of nitrogens with one attached hydrogen (secondary N) is 1. The predicted octanol–water partition coefficient (Wildman–Crippen LogP) is 2.78. The molecule has 0 aliphatic heterocycles. The zero-order chi connectivity index (χ0) is 13.9. The van der Waals surface area contributed by atoms with Gasteiger partial charge in [-0.2, -0.15) is 0 Å². The number of nitrogens with zero attached hydrogens (tertiary/aromatic N) is 1. The Hall–Kier alpha value is -2.10. The summed E-state index contributed by atoms with van der Waals surface area (Å²) in [6.07, 6.45) is 3.62. The van der Waals surface area contributed by atoms with Crippen molar-refractivity contribution in [2.75, 3.05) is 6.61 Å². The van der Waals surface area contributed by atoms with Crippen molar-refractivity contribution in [2.45, 2.75) is 26.2 Å². The lowest BCUT2D eigenvalue weighted by Crippen LogP contribution is -2.14. The van der Waals surface area contributed by atoms with Gasteiger partial charge in [-0.15, -0.1) is 0 Å². The monoisotopic (exact) mass is 270 g/mol. The van der Waals surface area contributed by atoms with Crippen molar-refractivity contribution in [3.63, 3.8) is 0 Å². The van der Waals surface area contributed by atoms with Crippen LogP contribution in [-0.4, -0.2) is 22.9 Å². The van der Waals surface area contributed by atoms with Crippen molar-refractivity contribution in [3.8, 4) is 17.1 Å². The van der Waals surface area contributed by atoms with Gasteiger partial charge in [0.05, 0.1) is 12.3 Å². The van der Waals surface area contributed by atoms with Gasteiger partial charge in [-0.25, -0.2) is 4.98 Å². The van der Waals surface area contributed by atoms with Crippen molar-refractivity contribution in [1.29, 1.82) is 0 Å². The number of H-pyrrole nitrogens is 1. The van der Waals surface area contributed by atoms with Crippen LogP contribution in [0.3, 0.4) is 0 Å². The lowest BCUT2D eigenvalue weighted by Gasteiger charge is -2.14. The molecule has 1 N–H and O–H groups in total. The summed E-state index contributed by atoms with van der Waals surface area (Å²) in [6, 6.07) is 7.92. The summed E-state index contributed by atoms with van der Waals surface area (Å²) >= 11 is 0. The van der Waals surface area contributed by atoms with E-state index >= 15 is 0 Å². The highest BCUT2D eigenvalue weighted by Gasteiger charge is 2.21. The van der Waals surface area contributed by atoms with Gasteiger partial charge in [0.2, 0.25) is 0 Å². The van der Waals surface area contributed by atoms with Crippen molar-refractivity contribution in [3.05, 3.63) is 35.7 Å². The topological polar surface area (TPSA) is 55.0 Å². The normalized spacial score (nSPS) is 17.6. The molecule has 1 aromatic carbocycles. The molecule has 2 aromatic rings. The summed E-state index contributed by atoms with van der Waals surface area (Å²) in [7, 11) is 0. The second-order valence-corrected chi connectivity index (χ2v) is 5.11. The van der Waals surface area contributed by atoms with Gasteiger partial charge < -0.3 is 14.5 Å². The Morgan fingerprint density at radius 1 is 1.40 bits per heavy atom. The fraction of sp³-hybridized carbons (Fsp3) is 0.375. The molecule has 0 fully saturated rings. The summed E-state index contributed by atoms with van der Waals surface area (Å²) < 4.78 is 5.44. The van der Waals surface area contributed by atoms with Crippen molar-refractivity contribution in [1.82, 2.24) is 9.97 Å². The summed E-state index contributed by atoms with van der Waals surface area (Å²) in [5.74, 6) is 1.88. The number of fused-ring (bicyclic) bond motifs is 1. The van der Waals surface area contributed by atoms with Crippen molar-refractivity contribution < 1.29 is 9.53 Å². The third-order valence-corrected chi connectivity index (χ3v) is 3.71. The van der Waals surface area contributed by atoms with Gasteiger partial charge in [0, 0.05) is 17.2 Å². The largest absolute Gasteiger partial charge is 0.494 e. The second kappa shape index (κ2) is 5.49. The van der Waals surface area contributed by atoms with Gasteiger partial charge in [0.1, 0.15) is 17.9 Å². The summed E-state index contributed by atoms with van der Waals surface area (Å²) in [6.45, 7) is 2.64. The predicted molar refractivity (Wildman–Crippen MR) is 76.8 cm³/mol. The number of ether oxygens (including phenoxy) is 1. The maximum absolute atomic E-state index is 10.9. The lowest BCUT2D eigenvalue weighted by atomic mass is 9.91. The molecule has 0 saturated heterocycles. The molecule has 0 saturated carbocycles. The van der Waals surface area contributed by atoms with E-state index in [1.807, 2.05) is 31.2 Å². The molecular weight excluding hydrogens is 252 g/mol. The molecule has 104 valence electrons. The number of rotatable bonds is 4. The van der Waals surface area contributed by atoms with E-state index in [9.17, 15) is 4.79 Å². The molecule has 1 heterocycles. The van der Waals surface area contributed by atoms with Gasteiger partial charge >= 0.3 is 0 Å². The molecule has 0 bridgehead atoms. The lowest BCUT2D eigenvalue weighted by molar-refractivity contribution is -0.111. The van der Waals surface area contributed by atoms with E-state index in [4.69, 9.17) is 4.74 Å². The zero-order valence-electron chi connectivity index (χ0n) is 11.6. The Kier molecular flexibility index (Phi) is 3.54. The van der Waals surface area contributed by atoms with Crippen molar-refractivity contribution in [2.24, 2.45) is 5.92 Å². The van der Waals surface area contributed by atoms with Crippen LogP contribution in [0.1, 0.15) is 24.7 Å². The third kappa shape index (κ3) is 2.46. The van der Waals surface area contributed by atoms with Gasteiger partial charge in [0.15, 0.2) is 0 Å². The molecule has 1 aliphatic rings. The average molecular weight is 270 g/mol. The van der Waals surface area contributed by atoms with E-state index in [-0.39, 0.29) is 5.92 Å². The summed E-state index contributed by atoms with van der Waals surface area (Å²) in [5, 5.41) is 0. The number of aromatic amines is 1. The number of benzene rings is 1. The molecule has 1 atom stereocenters. The van der Waals surface area contributed by atoms with Crippen LogP contribution in [0.25, 0.3) is 11.4 Å². The Labute approximate surface area is 118 Å². The van der Waals surface area contributed by atoms with Crippen molar-refractivity contribution >= 4 is 6.29 Å². The van der Waals surface area contributed by atoms with E-state index in [0.29, 0.717) is 6.61 Å². The molecule has 0 amide bonds. The van der Waals surface area contributed by atoms with Crippen LogP contribution in [-0.2, 0) is 17.6 Å². The molecule has 20 heavy (non-hydrogen) atoms. The van der Waals surface area contributed by atoms with Crippen LogP contribution in [0.2, 0.25) is 0 Å². The third-order valence-electron chi connectivity index (χ3n) is 3.71. The first-order chi connectivity index (χ1) is 9.80. The molecular formula is C16H18N2O2. The van der Waals surface area contributed by atoms with E-state index < -0.39 is 0 Å². The van der Waals surface area contributed by atoms with Crippen LogP contribution >= 0.6 is 0 Å². The minimum atomic E-state index is 0.135. The maximum atomic E-state index is 10.9. The van der Waals surface area contributed by atoms with Gasteiger partial charge in [0.25, 0.3) is 0 Å². The first-order valence-electron chi connectivity index (χ1n) is 7.06. The van der Waals surface area contributed by atoms with Gasteiger partial charge in [-0.1, -0.05) is 0 Å². The number of hydrogen-bond acceptors (Lipinski definition) is 3. The van der Waals surface area contributed by atoms with Crippen LogP contribution in [0.5, 0.6) is 5.75 Å². The Morgan fingerprint density at radius 2 is 2.20 bits per heavy atom. The molecule has 0 radical (unpaired) electrons. The summed E-state index contributed by atoms with van der Waals surface area (Å²) in [4.78, 5) is 18.9. The fourth-order valence-corrected chi connectivity index (χ4v) is 2.64. The average Bonchev–Trinajstić information content (AvgIpc) is 2.91. The number of aryl methyl sites for hydroxylation is 1. The van der Waals surface area contributed by atoms with Gasteiger partial charge in [-0.05, 0) is 50.5 Å². The molecule has 3 rings (SSSR count). The second-order valence-electron chi connectivity index (χ2n) is 5.11. The molecule has 1 aromatic heterocycles. The number of aldehydes is 1. The molecule has 4 heteroatoms. The Morgan fingerprint density at radius 3 is 2.90 bits per heavy atom. The number of carbonyl (C=O) groups excluding carboxylic acids is 1. The fourth-order valence-electron chi connectivity index (χ4n) is 2.64. The SMILES string of the molecule is CCOc1ccc(-c2nc3c([nH]2)CC(C=O)CC3)cc1. The minimum Gasteiger partial charge on any atom is -0.494 e. The Bertz CT molecular complexity index is 601. The highest BCUT2D eigenvalue weighted by molar-refractivity contribution is 5.59. The minimum absolute atomic E-state index is 0.135. The van der Waals surface area contributed by atoms with Crippen LogP contribution in [0, 0.1) is 5.92 Å². The maximum Gasteiger partial charge on any atom is 0.137 e. The van der Waals surface area contributed by atoms with E-state index in [1.165, 1.54) is 0 Å². The highest BCUT2D eigenvalue weighted by Crippen LogP contribution is 2.27. The number of carbonyl (C=O) groups is 1. The number of imidazole rings is 1. The van der Waals surface area contributed by atoms with Gasteiger partial charge in [-0.3, -0.25) is 0 Å². The summed E-state index contributed by atoms with van der Waals surface area (Å²) in [5.41, 5.74) is 3.26. The van der Waals surface area contributed by atoms with Crippen LogP contribution in [0.4, 0.5) is 0 Å². The zero-order valence-corrected chi connectivity index (χ0v) is 11.6. The molecule has 4 nitrogen and oxygen atoms in total. The van der Waals surface area contributed by atoms with Crippen LogP contribution in [0.15, 0.2) is 24.3 Å².